The predicted molar refractivity (Wildman–Crippen MR) is 111 cm³/mol. The summed E-state index contributed by atoms with van der Waals surface area (Å²) in [5, 5.41) is 17.3. The summed E-state index contributed by atoms with van der Waals surface area (Å²) >= 11 is 0. The second kappa shape index (κ2) is 8.68. The van der Waals surface area contributed by atoms with Crippen LogP contribution in [0.3, 0.4) is 0 Å². The van der Waals surface area contributed by atoms with Gasteiger partial charge in [-0.1, -0.05) is 6.42 Å². The lowest BCUT2D eigenvalue weighted by atomic mass is 9.68. The van der Waals surface area contributed by atoms with Crippen LogP contribution in [-0.2, 0) is 0 Å². The van der Waals surface area contributed by atoms with Crippen molar-refractivity contribution in [1.29, 1.82) is 0 Å². The van der Waals surface area contributed by atoms with Crippen LogP contribution in [0.5, 0.6) is 0 Å². The number of benzene rings is 1. The standard InChI is InChI=1S/C17H25N5O2.HI/c1-18-16(21-12-9-17(13-21)7-2-8-17)20-11-10-19-14-3-5-15(6-4-14)22(23)24;/h3-6,19H,2,7-13H2,1H3,(H,18,20);1H. The molecule has 1 aromatic rings. The molecule has 0 aromatic heterocycles. The Hall–Kier alpha value is -1.58. The van der Waals surface area contributed by atoms with Crippen LogP contribution in [0.4, 0.5) is 11.4 Å². The molecule has 2 aliphatic rings. The maximum atomic E-state index is 10.6. The van der Waals surface area contributed by atoms with Crippen LogP contribution in [-0.4, -0.2) is 49.0 Å². The molecule has 2 fully saturated rings. The van der Waals surface area contributed by atoms with Gasteiger partial charge >= 0.3 is 0 Å². The molecule has 1 saturated heterocycles. The molecule has 0 atom stereocenters. The van der Waals surface area contributed by atoms with Gasteiger partial charge in [-0.15, -0.1) is 24.0 Å². The number of rotatable bonds is 5. The monoisotopic (exact) mass is 459 g/mol. The highest BCUT2D eigenvalue weighted by Gasteiger charge is 2.43. The summed E-state index contributed by atoms with van der Waals surface area (Å²) in [5.41, 5.74) is 1.55. The van der Waals surface area contributed by atoms with E-state index in [1.165, 1.54) is 37.8 Å². The van der Waals surface area contributed by atoms with Crippen LogP contribution in [0, 0.1) is 15.5 Å². The third-order valence-electron chi connectivity index (χ3n) is 5.18. The van der Waals surface area contributed by atoms with E-state index in [2.05, 4.69) is 20.5 Å². The molecule has 8 heteroatoms. The highest BCUT2D eigenvalue weighted by Crippen LogP contribution is 2.47. The van der Waals surface area contributed by atoms with Gasteiger partial charge in [0, 0.05) is 51.0 Å². The SMILES string of the molecule is CN=C(NCCNc1ccc([N+](=O)[O-])cc1)N1CCC2(CCC2)C1.I. The van der Waals surface area contributed by atoms with Gasteiger partial charge in [0.05, 0.1) is 4.92 Å². The molecule has 7 nitrogen and oxygen atoms in total. The van der Waals surface area contributed by atoms with Crippen molar-refractivity contribution in [1.82, 2.24) is 10.2 Å². The van der Waals surface area contributed by atoms with Crippen LogP contribution < -0.4 is 10.6 Å². The second-order valence-electron chi connectivity index (χ2n) is 6.73. The van der Waals surface area contributed by atoms with E-state index in [0.29, 0.717) is 5.41 Å². The van der Waals surface area contributed by atoms with E-state index in [1.807, 2.05) is 7.05 Å². The number of nitrogens with zero attached hydrogens (tertiary/aromatic N) is 3. The van der Waals surface area contributed by atoms with Crippen molar-refractivity contribution in [2.75, 3.05) is 38.5 Å². The van der Waals surface area contributed by atoms with Gasteiger partial charge in [0.1, 0.15) is 0 Å². The molecule has 1 heterocycles. The number of hydrogen-bond donors (Lipinski definition) is 2. The van der Waals surface area contributed by atoms with Gasteiger partial charge in [-0.25, -0.2) is 0 Å². The van der Waals surface area contributed by atoms with Crippen LogP contribution in [0.25, 0.3) is 0 Å². The number of nitro groups is 1. The van der Waals surface area contributed by atoms with E-state index in [1.54, 1.807) is 12.1 Å². The fraction of sp³-hybridized carbons (Fsp3) is 0.588. The van der Waals surface area contributed by atoms with Crippen molar-refractivity contribution >= 4 is 41.3 Å². The fourth-order valence-corrected chi connectivity index (χ4v) is 3.62. The Morgan fingerprint density at radius 1 is 1.28 bits per heavy atom. The average Bonchev–Trinajstić information content (AvgIpc) is 3.01. The minimum absolute atomic E-state index is 0. The number of nitrogens with one attached hydrogen (secondary N) is 2. The molecule has 1 spiro atoms. The van der Waals surface area contributed by atoms with E-state index in [-0.39, 0.29) is 34.6 Å². The summed E-state index contributed by atoms with van der Waals surface area (Å²) in [6, 6.07) is 6.48. The zero-order valence-corrected chi connectivity index (χ0v) is 16.9. The Morgan fingerprint density at radius 3 is 2.52 bits per heavy atom. The summed E-state index contributed by atoms with van der Waals surface area (Å²) in [6.07, 6.45) is 5.39. The van der Waals surface area contributed by atoms with Crippen LogP contribution in [0.2, 0.25) is 0 Å². The van der Waals surface area contributed by atoms with Gasteiger partial charge in [-0.05, 0) is 36.8 Å². The quantitative estimate of drug-likeness (QED) is 0.177. The number of aliphatic imine (C=N–C) groups is 1. The number of anilines is 1. The zero-order chi connectivity index (χ0) is 17.0. The lowest BCUT2D eigenvalue weighted by Crippen LogP contribution is -2.43. The first-order valence-electron chi connectivity index (χ1n) is 8.56. The molecule has 0 unspecified atom stereocenters. The highest BCUT2D eigenvalue weighted by molar-refractivity contribution is 14.0. The number of likely N-dealkylation sites (tertiary alicyclic amines) is 1. The highest BCUT2D eigenvalue weighted by atomic mass is 127. The smallest absolute Gasteiger partial charge is 0.269 e. The molecule has 2 N–H and O–H groups in total. The molecule has 0 amide bonds. The number of non-ortho nitro benzene ring substituents is 1. The number of guanidine groups is 1. The van der Waals surface area contributed by atoms with Crippen molar-refractivity contribution in [3.8, 4) is 0 Å². The van der Waals surface area contributed by atoms with Crippen molar-refractivity contribution in [2.45, 2.75) is 25.7 Å². The molecule has 1 aliphatic carbocycles. The Kier molecular flexibility index (Phi) is 6.86. The normalized spacial score (nSPS) is 18.4. The van der Waals surface area contributed by atoms with E-state index < -0.39 is 0 Å². The molecule has 138 valence electrons. The third-order valence-corrected chi connectivity index (χ3v) is 5.18. The summed E-state index contributed by atoms with van der Waals surface area (Å²) in [4.78, 5) is 17.0. The van der Waals surface area contributed by atoms with Crippen molar-refractivity contribution in [3.05, 3.63) is 34.4 Å². The first kappa shape index (κ1) is 19.7. The second-order valence-corrected chi connectivity index (χ2v) is 6.73. The van der Waals surface area contributed by atoms with Crippen molar-refractivity contribution in [3.63, 3.8) is 0 Å². The molecule has 0 radical (unpaired) electrons. The van der Waals surface area contributed by atoms with E-state index in [0.717, 1.165) is 37.8 Å². The molecule has 25 heavy (non-hydrogen) atoms. The van der Waals surface area contributed by atoms with Crippen LogP contribution in [0.1, 0.15) is 25.7 Å². The van der Waals surface area contributed by atoms with Gasteiger partial charge in [-0.2, -0.15) is 0 Å². The Balaban J connectivity index is 0.00000225. The number of nitro benzene ring substituents is 1. The molecule has 1 aromatic carbocycles. The molecule has 1 aliphatic heterocycles. The van der Waals surface area contributed by atoms with E-state index in [9.17, 15) is 10.1 Å². The van der Waals surface area contributed by atoms with Gasteiger partial charge < -0.3 is 15.5 Å². The fourth-order valence-electron chi connectivity index (χ4n) is 3.62. The molecule has 1 saturated carbocycles. The number of halogens is 1. The molecular formula is C17H26IN5O2. The zero-order valence-electron chi connectivity index (χ0n) is 14.5. The topological polar surface area (TPSA) is 82.8 Å². The third kappa shape index (κ3) is 4.74. The molecular weight excluding hydrogens is 433 g/mol. The first-order chi connectivity index (χ1) is 11.6. The summed E-state index contributed by atoms with van der Waals surface area (Å²) in [7, 11) is 1.83. The predicted octanol–water partition coefficient (Wildman–Crippen LogP) is 3.08. The first-order valence-corrected chi connectivity index (χ1v) is 8.56. The molecule has 3 rings (SSSR count). The summed E-state index contributed by atoms with van der Waals surface area (Å²) in [5.74, 6) is 0.976. The maximum Gasteiger partial charge on any atom is 0.269 e. The summed E-state index contributed by atoms with van der Waals surface area (Å²) < 4.78 is 0. The van der Waals surface area contributed by atoms with Crippen LogP contribution >= 0.6 is 24.0 Å². The van der Waals surface area contributed by atoms with E-state index in [4.69, 9.17) is 0 Å². The van der Waals surface area contributed by atoms with Gasteiger partial charge in [0.15, 0.2) is 5.96 Å². The minimum atomic E-state index is -0.389. The van der Waals surface area contributed by atoms with Crippen molar-refractivity contribution < 1.29 is 4.92 Å². The lowest BCUT2D eigenvalue weighted by Gasteiger charge is -2.38. The average molecular weight is 459 g/mol. The maximum absolute atomic E-state index is 10.6. The largest absolute Gasteiger partial charge is 0.383 e. The molecule has 0 bridgehead atoms. The van der Waals surface area contributed by atoms with E-state index >= 15 is 0 Å². The van der Waals surface area contributed by atoms with Gasteiger partial charge in [-0.3, -0.25) is 15.1 Å². The Labute approximate surface area is 165 Å². The van der Waals surface area contributed by atoms with Crippen LogP contribution in [0.15, 0.2) is 29.3 Å². The summed E-state index contributed by atoms with van der Waals surface area (Å²) in [6.45, 7) is 3.71. The van der Waals surface area contributed by atoms with Gasteiger partial charge in [0.2, 0.25) is 0 Å². The van der Waals surface area contributed by atoms with Crippen molar-refractivity contribution in [2.24, 2.45) is 10.4 Å². The Bertz CT molecular complexity index is 616. The number of hydrogen-bond acceptors (Lipinski definition) is 4. The Morgan fingerprint density at radius 2 is 2.00 bits per heavy atom. The van der Waals surface area contributed by atoms with Gasteiger partial charge in [0.25, 0.3) is 5.69 Å². The minimum Gasteiger partial charge on any atom is -0.383 e. The lowest BCUT2D eigenvalue weighted by molar-refractivity contribution is -0.384.